The van der Waals surface area contributed by atoms with E-state index in [9.17, 15) is 9.59 Å². The minimum atomic E-state index is -0.601. The van der Waals surface area contributed by atoms with Gasteiger partial charge in [0.1, 0.15) is 17.5 Å². The smallest absolute Gasteiger partial charge is 0.256 e. The van der Waals surface area contributed by atoms with Gasteiger partial charge in [-0.2, -0.15) is 0 Å². The number of amides is 2. The summed E-state index contributed by atoms with van der Waals surface area (Å²) in [5.41, 5.74) is 3.55. The summed E-state index contributed by atoms with van der Waals surface area (Å²) in [5.74, 6) is 0.448. The molecule has 6 nitrogen and oxygen atoms in total. The second-order valence-electron chi connectivity index (χ2n) is 6.31. The Morgan fingerprint density at radius 2 is 1.77 bits per heavy atom. The molecule has 1 atom stereocenters. The molecule has 0 unspecified atom stereocenters. The summed E-state index contributed by atoms with van der Waals surface area (Å²) in [7, 11) is 3.04. The van der Waals surface area contributed by atoms with Crippen molar-refractivity contribution in [3.63, 3.8) is 0 Å². The Bertz CT molecular complexity index is 863. The zero-order valence-electron chi connectivity index (χ0n) is 15.3. The number of nitrogens with one attached hydrogen (secondary N) is 1. The number of carbonyl (C=O) groups excluding carboxylic acids is 2. The van der Waals surface area contributed by atoms with Gasteiger partial charge >= 0.3 is 0 Å². The van der Waals surface area contributed by atoms with E-state index in [0.717, 1.165) is 11.3 Å². The van der Waals surface area contributed by atoms with Crippen LogP contribution in [0.15, 0.2) is 36.4 Å². The summed E-state index contributed by atoms with van der Waals surface area (Å²) in [5, 5.41) is 3.17. The highest BCUT2D eigenvalue weighted by Crippen LogP contribution is 2.35. The predicted molar refractivity (Wildman–Crippen MR) is 100.0 cm³/mol. The first kappa shape index (κ1) is 17.8. The van der Waals surface area contributed by atoms with Crippen LogP contribution in [0.5, 0.6) is 11.5 Å². The van der Waals surface area contributed by atoms with Gasteiger partial charge in [-0.05, 0) is 49.2 Å². The van der Waals surface area contributed by atoms with Gasteiger partial charge in [-0.25, -0.2) is 4.90 Å². The van der Waals surface area contributed by atoms with Crippen molar-refractivity contribution in [2.24, 2.45) is 0 Å². The summed E-state index contributed by atoms with van der Waals surface area (Å²) >= 11 is 0. The average molecular weight is 354 g/mol. The van der Waals surface area contributed by atoms with E-state index < -0.39 is 6.04 Å². The number of benzene rings is 2. The Morgan fingerprint density at radius 3 is 2.42 bits per heavy atom. The van der Waals surface area contributed by atoms with Crippen molar-refractivity contribution < 1.29 is 19.1 Å². The number of methoxy groups -OCH3 is 2. The third-order valence-corrected chi connectivity index (χ3v) is 4.62. The van der Waals surface area contributed by atoms with E-state index in [1.165, 1.54) is 17.6 Å². The molecule has 1 fully saturated rings. The van der Waals surface area contributed by atoms with Crippen LogP contribution in [0.3, 0.4) is 0 Å². The number of aryl methyl sites for hydroxylation is 2. The second-order valence-corrected chi connectivity index (χ2v) is 6.31. The van der Waals surface area contributed by atoms with E-state index in [4.69, 9.17) is 9.47 Å². The molecule has 0 aliphatic carbocycles. The van der Waals surface area contributed by atoms with Gasteiger partial charge in [0, 0.05) is 11.8 Å². The molecule has 0 radical (unpaired) electrons. The molecule has 1 N–H and O–H groups in total. The fraction of sp³-hybridized carbons (Fsp3) is 0.300. The molecule has 136 valence electrons. The van der Waals surface area contributed by atoms with Crippen LogP contribution in [0.4, 0.5) is 11.4 Å². The van der Waals surface area contributed by atoms with Crippen molar-refractivity contribution in [2.45, 2.75) is 26.3 Å². The maximum absolute atomic E-state index is 12.9. The zero-order chi connectivity index (χ0) is 18.8. The minimum absolute atomic E-state index is 0.0982. The summed E-state index contributed by atoms with van der Waals surface area (Å²) in [6, 6.07) is 10.3. The lowest BCUT2D eigenvalue weighted by atomic mass is 10.1. The molecule has 6 heteroatoms. The number of hydrogen-bond donors (Lipinski definition) is 1. The van der Waals surface area contributed by atoms with Gasteiger partial charge in [-0.3, -0.25) is 9.59 Å². The van der Waals surface area contributed by atoms with E-state index in [1.807, 2.05) is 32.0 Å². The Morgan fingerprint density at radius 1 is 1.00 bits per heavy atom. The van der Waals surface area contributed by atoms with E-state index >= 15 is 0 Å². The molecule has 26 heavy (non-hydrogen) atoms. The van der Waals surface area contributed by atoms with Crippen molar-refractivity contribution in [1.29, 1.82) is 0 Å². The van der Waals surface area contributed by atoms with Crippen molar-refractivity contribution in [3.8, 4) is 11.5 Å². The Labute approximate surface area is 152 Å². The zero-order valence-corrected chi connectivity index (χ0v) is 15.3. The number of rotatable bonds is 5. The van der Waals surface area contributed by atoms with Crippen molar-refractivity contribution >= 4 is 23.2 Å². The van der Waals surface area contributed by atoms with Crippen LogP contribution in [-0.4, -0.2) is 32.1 Å². The third-order valence-electron chi connectivity index (χ3n) is 4.62. The third kappa shape index (κ3) is 3.22. The Kier molecular flexibility index (Phi) is 4.84. The Balaban J connectivity index is 1.86. The van der Waals surface area contributed by atoms with Gasteiger partial charge in [0.2, 0.25) is 5.91 Å². The maximum Gasteiger partial charge on any atom is 0.256 e. The number of carbonyl (C=O) groups is 2. The molecular weight excluding hydrogens is 332 g/mol. The molecule has 3 rings (SSSR count). The topological polar surface area (TPSA) is 67.9 Å². The Hall–Kier alpha value is -3.02. The SMILES string of the molecule is COc1ccc(N2C(=O)C[C@@H](Nc3ccc(C)c(C)c3)C2=O)c(OC)c1. The molecular formula is C20H22N2O4. The maximum atomic E-state index is 12.9. The molecule has 1 aliphatic rings. The van der Waals surface area contributed by atoms with Gasteiger partial charge in [0.05, 0.1) is 26.3 Å². The van der Waals surface area contributed by atoms with E-state index in [0.29, 0.717) is 17.2 Å². The molecule has 0 spiro atoms. The number of hydrogen-bond acceptors (Lipinski definition) is 5. The van der Waals surface area contributed by atoms with Gasteiger partial charge in [0.25, 0.3) is 5.91 Å². The lowest BCUT2D eigenvalue weighted by molar-refractivity contribution is -0.121. The molecule has 0 aromatic heterocycles. The van der Waals surface area contributed by atoms with Crippen molar-refractivity contribution in [2.75, 3.05) is 24.4 Å². The summed E-state index contributed by atoms with van der Waals surface area (Å²) in [4.78, 5) is 26.5. The number of anilines is 2. The van der Waals surface area contributed by atoms with Crippen LogP contribution >= 0.6 is 0 Å². The molecule has 2 aromatic rings. The predicted octanol–water partition coefficient (Wildman–Crippen LogP) is 3.06. The molecule has 2 amide bonds. The van der Waals surface area contributed by atoms with Crippen molar-refractivity contribution in [1.82, 2.24) is 0 Å². The minimum Gasteiger partial charge on any atom is -0.497 e. The first-order valence-electron chi connectivity index (χ1n) is 8.37. The molecule has 1 saturated heterocycles. The van der Waals surface area contributed by atoms with Gasteiger partial charge in [-0.1, -0.05) is 6.07 Å². The fourth-order valence-electron chi connectivity index (χ4n) is 3.00. The normalized spacial score (nSPS) is 16.8. The summed E-state index contributed by atoms with van der Waals surface area (Å²) < 4.78 is 10.5. The average Bonchev–Trinajstić information content (AvgIpc) is 2.91. The monoisotopic (exact) mass is 354 g/mol. The number of ether oxygens (including phenoxy) is 2. The van der Waals surface area contributed by atoms with Crippen LogP contribution in [-0.2, 0) is 9.59 Å². The van der Waals surface area contributed by atoms with Crippen molar-refractivity contribution in [3.05, 3.63) is 47.5 Å². The standard InChI is InChI=1S/C20H22N2O4/c1-12-5-6-14(9-13(12)2)21-16-11-19(23)22(20(16)24)17-8-7-15(25-3)10-18(17)26-4/h5-10,16,21H,11H2,1-4H3/t16-/m1/s1. The lowest BCUT2D eigenvalue weighted by Crippen LogP contribution is -2.35. The summed E-state index contributed by atoms with van der Waals surface area (Å²) in [6.07, 6.45) is 0.0982. The van der Waals surface area contributed by atoms with E-state index in [2.05, 4.69) is 5.32 Å². The largest absolute Gasteiger partial charge is 0.497 e. The van der Waals surface area contributed by atoms with Gasteiger partial charge < -0.3 is 14.8 Å². The highest BCUT2D eigenvalue weighted by molar-refractivity contribution is 6.23. The van der Waals surface area contributed by atoms with Crippen LogP contribution in [0.2, 0.25) is 0 Å². The molecule has 0 bridgehead atoms. The van der Waals surface area contributed by atoms with Crippen LogP contribution in [0, 0.1) is 13.8 Å². The summed E-state index contributed by atoms with van der Waals surface area (Å²) in [6.45, 7) is 4.04. The van der Waals surface area contributed by atoms with E-state index in [1.54, 1.807) is 25.3 Å². The highest BCUT2D eigenvalue weighted by atomic mass is 16.5. The lowest BCUT2D eigenvalue weighted by Gasteiger charge is -2.19. The van der Waals surface area contributed by atoms with Gasteiger partial charge in [0.15, 0.2) is 0 Å². The molecule has 0 saturated carbocycles. The number of imide groups is 1. The quantitative estimate of drug-likeness (QED) is 0.836. The van der Waals surface area contributed by atoms with Gasteiger partial charge in [-0.15, -0.1) is 0 Å². The highest BCUT2D eigenvalue weighted by Gasteiger charge is 2.40. The fourth-order valence-corrected chi connectivity index (χ4v) is 3.00. The molecule has 1 aliphatic heterocycles. The molecule has 2 aromatic carbocycles. The molecule has 1 heterocycles. The van der Waals surface area contributed by atoms with E-state index in [-0.39, 0.29) is 18.2 Å². The first-order chi connectivity index (χ1) is 12.4. The van der Waals surface area contributed by atoms with Crippen LogP contribution in [0.25, 0.3) is 0 Å². The van der Waals surface area contributed by atoms with Crippen LogP contribution < -0.4 is 19.7 Å². The van der Waals surface area contributed by atoms with Crippen LogP contribution in [0.1, 0.15) is 17.5 Å². The second kappa shape index (κ2) is 7.07. The first-order valence-corrected chi connectivity index (χ1v) is 8.37. The number of nitrogens with zero attached hydrogens (tertiary/aromatic N) is 1.